The van der Waals surface area contributed by atoms with Crippen LogP contribution in [0.5, 0.6) is 0 Å². The van der Waals surface area contributed by atoms with Gasteiger partial charge in [-0.3, -0.25) is 0 Å². The first-order chi connectivity index (χ1) is 35.1. The summed E-state index contributed by atoms with van der Waals surface area (Å²) in [6.45, 7) is 23.2. The molecular formula is C48H71ClN20OS4. The topological polar surface area (TPSA) is 218 Å². The lowest BCUT2D eigenvalue weighted by Gasteiger charge is -2.08. The van der Waals surface area contributed by atoms with E-state index in [0.717, 1.165) is 94.2 Å². The van der Waals surface area contributed by atoms with Gasteiger partial charge >= 0.3 is 0 Å². The molecule has 1 aromatic carbocycles. The Kier molecular flexibility index (Phi) is 24.5. The van der Waals surface area contributed by atoms with E-state index < -0.39 is 0 Å². The lowest BCUT2D eigenvalue weighted by Crippen LogP contribution is -2.07. The molecule has 0 saturated heterocycles. The fraction of sp³-hybridized carbons (Fsp3) is 0.500. The number of hydrogen-bond donors (Lipinski definition) is 0. The normalized spacial score (nSPS) is 11.4. The lowest BCUT2D eigenvalue weighted by atomic mass is 10.2. The molecule has 9 aromatic rings. The molecule has 400 valence electrons. The van der Waals surface area contributed by atoms with Crippen molar-refractivity contribution in [2.24, 2.45) is 21.1 Å². The highest BCUT2D eigenvalue weighted by atomic mass is 35.5. The van der Waals surface area contributed by atoms with E-state index in [1.54, 1.807) is 52.9 Å². The van der Waals surface area contributed by atoms with Gasteiger partial charge in [-0.1, -0.05) is 64.2 Å². The number of thioether (sulfide) groups is 1. The number of aryl methyl sites for hydroxylation is 9. The van der Waals surface area contributed by atoms with Crippen LogP contribution in [0.1, 0.15) is 107 Å². The highest BCUT2D eigenvalue weighted by Crippen LogP contribution is 2.38. The zero-order chi connectivity index (χ0) is 54.6. The Bertz CT molecular complexity index is 2970. The molecule has 21 nitrogen and oxygen atoms in total. The third-order valence-corrected chi connectivity index (χ3v) is 14.8. The molecule has 0 bridgehead atoms. The standard InChI is InChI=1S/C11H12ClN3.C8H9N3S.C7H11N3.C7H13N3.C6H11N3O.C5H9N3S.C4H6N2S2/c1-8-13-14-9(2)15(8)7-10-3-5-11(12)6-4-10;1-6-9-10-8(11(6)2)7-4-3-5-12-7;1-5-8-9-7(10(5)2)6-3-4-6;1-5(2)10-6(3)8-9-7(10)4;1-5-7-8-6(4-10-3)9(5)2;1-4-6-7-5(9-4)8(2)3;1-3-5-6-4(7-2)8-3/h3-6H,7H2,1-2H3;3-5H,1-2H3;6H,3-4H2,1-2H3;5H,1-4H3;4H2,1-3H3;1-3H3;1-2H3. The molecule has 1 saturated carbocycles. The van der Waals surface area contributed by atoms with Crippen LogP contribution in [0.15, 0.2) is 46.1 Å². The van der Waals surface area contributed by atoms with Crippen molar-refractivity contribution < 1.29 is 4.74 Å². The summed E-state index contributed by atoms with van der Waals surface area (Å²) in [5.41, 5.74) is 1.20. The first-order valence-electron chi connectivity index (χ1n) is 23.5. The first-order valence-corrected chi connectivity index (χ1v) is 27.7. The van der Waals surface area contributed by atoms with Crippen molar-refractivity contribution in [2.45, 2.75) is 118 Å². The van der Waals surface area contributed by atoms with E-state index >= 15 is 0 Å². The number of methoxy groups -OCH3 is 1. The quantitative estimate of drug-likeness (QED) is 0.123. The molecule has 0 unspecified atom stereocenters. The van der Waals surface area contributed by atoms with Crippen molar-refractivity contribution >= 4 is 62.5 Å². The van der Waals surface area contributed by atoms with Crippen molar-refractivity contribution in [1.82, 2.24) is 94.2 Å². The maximum Gasteiger partial charge on any atom is 0.207 e. The summed E-state index contributed by atoms with van der Waals surface area (Å²) < 4.78 is 16.1. The van der Waals surface area contributed by atoms with Gasteiger partial charge < -0.3 is 32.5 Å². The van der Waals surface area contributed by atoms with E-state index in [1.165, 1.54) is 18.4 Å². The molecule has 74 heavy (non-hydrogen) atoms. The second-order valence-electron chi connectivity index (χ2n) is 17.3. The molecule has 1 fully saturated rings. The number of benzene rings is 1. The van der Waals surface area contributed by atoms with E-state index in [9.17, 15) is 0 Å². The van der Waals surface area contributed by atoms with E-state index in [2.05, 4.69) is 98.9 Å². The van der Waals surface area contributed by atoms with Gasteiger partial charge in [0.25, 0.3) is 0 Å². The first kappa shape index (κ1) is 60.7. The minimum absolute atomic E-state index is 0.468. The van der Waals surface area contributed by atoms with Crippen molar-refractivity contribution in [2.75, 3.05) is 32.4 Å². The number of ether oxygens (including phenoxy) is 1. The zero-order valence-corrected chi connectivity index (χ0v) is 49.9. The molecule has 0 aliphatic heterocycles. The lowest BCUT2D eigenvalue weighted by molar-refractivity contribution is 0.175. The van der Waals surface area contributed by atoms with Gasteiger partial charge in [-0.2, -0.15) is 0 Å². The van der Waals surface area contributed by atoms with Crippen LogP contribution in [0.3, 0.4) is 0 Å². The van der Waals surface area contributed by atoms with E-state index in [4.69, 9.17) is 16.3 Å². The fourth-order valence-corrected chi connectivity index (χ4v) is 9.11. The van der Waals surface area contributed by atoms with Crippen LogP contribution in [-0.2, 0) is 39.0 Å². The van der Waals surface area contributed by atoms with E-state index in [1.807, 2.05) is 160 Å². The molecule has 0 atom stereocenters. The van der Waals surface area contributed by atoms with Crippen LogP contribution >= 0.6 is 57.4 Å². The summed E-state index contributed by atoms with van der Waals surface area (Å²) in [5, 5.41) is 61.1. The molecule has 1 aliphatic carbocycles. The highest BCUT2D eigenvalue weighted by molar-refractivity contribution is 8.00. The number of aromatic nitrogens is 19. The molecule has 0 radical (unpaired) electrons. The SMILES string of the molecule is COCc1nnc(C)n1C.CSc1nnc(C)s1.Cc1nnc(-c2cccs2)n1C.Cc1nnc(C)n1C(C)C.Cc1nnc(C)n1Cc1ccc(Cl)cc1.Cc1nnc(C2CC2)n1C.Cc1nnc(N(C)C)s1. The average molecular weight is 1110 g/mol. The molecule has 26 heteroatoms. The highest BCUT2D eigenvalue weighted by Gasteiger charge is 2.28. The van der Waals surface area contributed by atoms with Gasteiger partial charge in [-0.25, -0.2) is 0 Å². The second kappa shape index (κ2) is 29.9. The second-order valence-corrected chi connectivity index (χ2v) is 22.0. The van der Waals surface area contributed by atoms with Gasteiger partial charge in [0.15, 0.2) is 16.0 Å². The van der Waals surface area contributed by atoms with Crippen LogP contribution in [0.25, 0.3) is 10.7 Å². The smallest absolute Gasteiger partial charge is 0.207 e. The zero-order valence-electron chi connectivity index (χ0n) is 45.9. The molecular weight excluding hydrogens is 1040 g/mol. The van der Waals surface area contributed by atoms with Gasteiger partial charge in [0, 0.05) is 59.3 Å². The predicted molar refractivity (Wildman–Crippen MR) is 299 cm³/mol. The van der Waals surface area contributed by atoms with Crippen molar-refractivity contribution in [3.8, 4) is 10.7 Å². The fourth-order valence-electron chi connectivity index (χ4n) is 6.39. The third kappa shape index (κ3) is 18.8. The van der Waals surface area contributed by atoms with Crippen LogP contribution in [0.4, 0.5) is 5.13 Å². The van der Waals surface area contributed by atoms with Gasteiger partial charge in [-0.15, -0.1) is 82.7 Å². The summed E-state index contributed by atoms with van der Waals surface area (Å²) in [6, 6.07) is 12.4. The molecule has 0 amide bonds. The number of hydrogen-bond acceptors (Lipinski definition) is 20. The molecule has 8 heterocycles. The average Bonchev–Trinajstić information content (AvgIpc) is 4.13. The Balaban J connectivity index is 0.000000189. The predicted octanol–water partition coefficient (Wildman–Crippen LogP) is 9.68. The van der Waals surface area contributed by atoms with Gasteiger partial charge in [0.1, 0.15) is 63.2 Å². The third-order valence-electron chi connectivity index (χ3n) is 10.9. The van der Waals surface area contributed by atoms with E-state index in [-0.39, 0.29) is 0 Å². The van der Waals surface area contributed by atoms with Crippen molar-refractivity contribution in [1.29, 1.82) is 0 Å². The number of rotatable bonds is 9. The number of halogens is 1. The molecule has 1 aliphatic rings. The molecule has 0 N–H and O–H groups in total. The molecule has 10 rings (SSSR count). The number of thiophene rings is 1. The van der Waals surface area contributed by atoms with Crippen LogP contribution < -0.4 is 4.90 Å². The van der Waals surface area contributed by atoms with Gasteiger partial charge in [-0.05, 0) is 124 Å². The Hall–Kier alpha value is -5.86. The van der Waals surface area contributed by atoms with Crippen LogP contribution in [-0.4, -0.2) is 122 Å². The summed E-state index contributed by atoms with van der Waals surface area (Å²) >= 11 is 12.4. The van der Waals surface area contributed by atoms with Gasteiger partial charge in [0.05, 0.1) is 11.4 Å². The molecule has 8 aromatic heterocycles. The Morgan fingerprint density at radius 1 is 0.649 bits per heavy atom. The Morgan fingerprint density at radius 2 is 1.19 bits per heavy atom. The summed E-state index contributed by atoms with van der Waals surface area (Å²) in [7, 11) is 11.5. The summed E-state index contributed by atoms with van der Waals surface area (Å²) in [6.07, 6.45) is 4.60. The van der Waals surface area contributed by atoms with E-state index in [0.29, 0.717) is 18.6 Å². The van der Waals surface area contributed by atoms with Gasteiger partial charge in [0.2, 0.25) is 5.13 Å². The summed E-state index contributed by atoms with van der Waals surface area (Å²) in [5.74, 6) is 10.4. The van der Waals surface area contributed by atoms with Crippen LogP contribution in [0, 0.1) is 62.3 Å². The summed E-state index contributed by atoms with van der Waals surface area (Å²) in [4.78, 5) is 3.11. The Labute approximate surface area is 456 Å². The Morgan fingerprint density at radius 3 is 1.57 bits per heavy atom. The number of nitrogens with zero attached hydrogens (tertiary/aromatic N) is 20. The maximum atomic E-state index is 5.82. The van der Waals surface area contributed by atoms with Crippen molar-refractivity contribution in [3.05, 3.63) is 115 Å². The van der Waals surface area contributed by atoms with Crippen LogP contribution in [0.2, 0.25) is 5.02 Å². The number of anilines is 1. The largest absolute Gasteiger partial charge is 0.377 e. The maximum absolute atomic E-state index is 5.82. The monoisotopic (exact) mass is 1110 g/mol. The minimum Gasteiger partial charge on any atom is -0.377 e. The van der Waals surface area contributed by atoms with Crippen molar-refractivity contribution in [3.63, 3.8) is 0 Å². The minimum atomic E-state index is 0.468. The molecule has 0 spiro atoms.